The van der Waals surface area contributed by atoms with E-state index >= 15 is 0 Å². The molecule has 0 atom stereocenters. The van der Waals surface area contributed by atoms with Crippen molar-refractivity contribution in [2.24, 2.45) is 0 Å². The molecule has 4 heteroatoms. The SMILES string of the molecule is O=C1CCCCCCN1Cc1ccc(Br)s1. The van der Waals surface area contributed by atoms with Crippen LogP contribution in [0.1, 0.15) is 37.0 Å². The van der Waals surface area contributed by atoms with Crippen molar-refractivity contribution >= 4 is 33.2 Å². The van der Waals surface area contributed by atoms with Crippen LogP contribution in [-0.4, -0.2) is 17.4 Å². The summed E-state index contributed by atoms with van der Waals surface area (Å²) in [6.45, 7) is 1.71. The summed E-state index contributed by atoms with van der Waals surface area (Å²) < 4.78 is 1.14. The van der Waals surface area contributed by atoms with E-state index in [4.69, 9.17) is 0 Å². The van der Waals surface area contributed by atoms with E-state index in [9.17, 15) is 4.79 Å². The van der Waals surface area contributed by atoms with Crippen molar-refractivity contribution in [1.82, 2.24) is 4.90 Å². The Labute approximate surface area is 109 Å². The molecule has 0 N–H and O–H groups in total. The standard InChI is InChI=1S/C12H16BrNOS/c13-11-7-6-10(16-11)9-14-8-4-2-1-3-5-12(14)15/h6-7H,1-5,8-9H2. The Bertz CT molecular complexity index is 364. The largest absolute Gasteiger partial charge is 0.338 e. The van der Waals surface area contributed by atoms with Crippen LogP contribution in [0.5, 0.6) is 0 Å². The summed E-state index contributed by atoms with van der Waals surface area (Å²) in [7, 11) is 0. The van der Waals surface area contributed by atoms with Gasteiger partial charge in [-0.15, -0.1) is 11.3 Å². The van der Waals surface area contributed by atoms with Crippen LogP contribution in [0.3, 0.4) is 0 Å². The number of amides is 1. The van der Waals surface area contributed by atoms with Gasteiger partial charge in [0.25, 0.3) is 0 Å². The van der Waals surface area contributed by atoms with Gasteiger partial charge in [-0.1, -0.05) is 12.8 Å². The molecular formula is C12H16BrNOS. The Balaban J connectivity index is 1.97. The predicted molar refractivity (Wildman–Crippen MR) is 70.5 cm³/mol. The highest BCUT2D eigenvalue weighted by molar-refractivity contribution is 9.11. The molecule has 2 rings (SSSR count). The number of likely N-dealkylation sites (tertiary alicyclic amines) is 1. The molecule has 0 aliphatic carbocycles. The molecule has 1 fully saturated rings. The number of carbonyl (C=O) groups is 1. The molecule has 88 valence electrons. The fourth-order valence-corrected chi connectivity index (χ4v) is 3.51. The lowest BCUT2D eigenvalue weighted by atomic mass is 10.1. The molecule has 0 radical (unpaired) electrons. The van der Waals surface area contributed by atoms with Crippen molar-refractivity contribution in [3.05, 3.63) is 20.8 Å². The van der Waals surface area contributed by atoms with Crippen LogP contribution < -0.4 is 0 Å². The minimum atomic E-state index is 0.323. The van der Waals surface area contributed by atoms with Crippen molar-refractivity contribution in [3.8, 4) is 0 Å². The molecule has 0 aromatic carbocycles. The highest BCUT2D eigenvalue weighted by atomic mass is 79.9. The Morgan fingerprint density at radius 3 is 2.81 bits per heavy atom. The van der Waals surface area contributed by atoms with E-state index in [2.05, 4.69) is 28.1 Å². The third kappa shape index (κ3) is 3.32. The average molecular weight is 302 g/mol. The second-order valence-electron chi connectivity index (χ2n) is 4.19. The summed E-state index contributed by atoms with van der Waals surface area (Å²) in [5.74, 6) is 0.323. The zero-order chi connectivity index (χ0) is 11.4. The van der Waals surface area contributed by atoms with Gasteiger partial charge in [0.1, 0.15) is 0 Å². The Kier molecular flexibility index (Phi) is 4.41. The van der Waals surface area contributed by atoms with Gasteiger partial charge in [0, 0.05) is 17.8 Å². The first-order valence-corrected chi connectivity index (χ1v) is 7.38. The minimum Gasteiger partial charge on any atom is -0.338 e. The first-order chi connectivity index (χ1) is 7.75. The van der Waals surface area contributed by atoms with Gasteiger partial charge in [0.05, 0.1) is 10.3 Å². The molecule has 1 aromatic heterocycles. The number of nitrogens with zero attached hydrogens (tertiary/aromatic N) is 1. The fraction of sp³-hybridized carbons (Fsp3) is 0.583. The Morgan fingerprint density at radius 1 is 1.25 bits per heavy atom. The summed E-state index contributed by atoms with van der Waals surface area (Å²) in [4.78, 5) is 15.2. The Hall–Kier alpha value is -0.350. The summed E-state index contributed by atoms with van der Waals surface area (Å²) in [5, 5.41) is 0. The Morgan fingerprint density at radius 2 is 2.06 bits per heavy atom. The number of thiophene rings is 1. The lowest BCUT2D eigenvalue weighted by Gasteiger charge is -2.24. The lowest BCUT2D eigenvalue weighted by molar-refractivity contribution is -0.132. The van der Waals surface area contributed by atoms with Crippen LogP contribution in [0.4, 0.5) is 0 Å². The van der Waals surface area contributed by atoms with E-state index in [1.807, 2.05) is 4.90 Å². The van der Waals surface area contributed by atoms with Crippen LogP contribution in [0.25, 0.3) is 0 Å². The average Bonchev–Trinajstić information content (AvgIpc) is 2.64. The van der Waals surface area contributed by atoms with Crippen molar-refractivity contribution < 1.29 is 4.79 Å². The maximum Gasteiger partial charge on any atom is 0.222 e. The first kappa shape index (κ1) is 12.1. The van der Waals surface area contributed by atoms with Crippen molar-refractivity contribution in [2.75, 3.05) is 6.54 Å². The van der Waals surface area contributed by atoms with Gasteiger partial charge >= 0.3 is 0 Å². The van der Waals surface area contributed by atoms with E-state index in [1.54, 1.807) is 11.3 Å². The molecule has 1 amide bonds. The summed E-state index contributed by atoms with van der Waals surface area (Å²) in [6, 6.07) is 4.15. The second kappa shape index (κ2) is 5.82. The van der Waals surface area contributed by atoms with Crippen molar-refractivity contribution in [3.63, 3.8) is 0 Å². The van der Waals surface area contributed by atoms with E-state index in [0.29, 0.717) is 5.91 Å². The normalized spacial score (nSPS) is 18.3. The van der Waals surface area contributed by atoms with Gasteiger partial charge < -0.3 is 4.90 Å². The zero-order valence-electron chi connectivity index (χ0n) is 9.25. The van der Waals surface area contributed by atoms with Gasteiger partial charge in [-0.3, -0.25) is 4.79 Å². The molecule has 0 bridgehead atoms. The van der Waals surface area contributed by atoms with Gasteiger partial charge in [-0.2, -0.15) is 0 Å². The number of carbonyl (C=O) groups excluding carboxylic acids is 1. The van der Waals surface area contributed by atoms with Gasteiger partial charge in [0.15, 0.2) is 0 Å². The maximum absolute atomic E-state index is 11.9. The van der Waals surface area contributed by atoms with Crippen molar-refractivity contribution in [1.29, 1.82) is 0 Å². The molecule has 1 aromatic rings. The number of hydrogen-bond donors (Lipinski definition) is 0. The van der Waals surface area contributed by atoms with E-state index in [-0.39, 0.29) is 0 Å². The van der Waals surface area contributed by atoms with Crippen LogP contribution in [0.2, 0.25) is 0 Å². The molecule has 1 saturated heterocycles. The number of hydrogen-bond acceptors (Lipinski definition) is 2. The quantitative estimate of drug-likeness (QED) is 0.813. The molecule has 2 nitrogen and oxygen atoms in total. The molecule has 16 heavy (non-hydrogen) atoms. The monoisotopic (exact) mass is 301 g/mol. The maximum atomic E-state index is 11.9. The van der Waals surface area contributed by atoms with Gasteiger partial charge in [-0.25, -0.2) is 0 Å². The first-order valence-electron chi connectivity index (χ1n) is 5.78. The predicted octanol–water partition coefficient (Wildman–Crippen LogP) is 3.80. The molecule has 0 unspecified atom stereocenters. The topological polar surface area (TPSA) is 20.3 Å². The summed E-state index contributed by atoms with van der Waals surface area (Å²) in [6.07, 6.45) is 5.41. The molecule has 1 aliphatic heterocycles. The molecule has 0 saturated carbocycles. The highest BCUT2D eigenvalue weighted by Crippen LogP contribution is 2.24. The smallest absolute Gasteiger partial charge is 0.222 e. The van der Waals surface area contributed by atoms with Gasteiger partial charge in [-0.05, 0) is 40.9 Å². The van der Waals surface area contributed by atoms with E-state index < -0.39 is 0 Å². The van der Waals surface area contributed by atoms with Crippen LogP contribution >= 0.6 is 27.3 Å². The van der Waals surface area contributed by atoms with Crippen LogP contribution in [0, 0.1) is 0 Å². The second-order valence-corrected chi connectivity index (χ2v) is 6.73. The lowest BCUT2D eigenvalue weighted by Crippen LogP contribution is -2.32. The molecule has 2 heterocycles. The fourth-order valence-electron chi connectivity index (χ4n) is 2.01. The summed E-state index contributed by atoms with van der Waals surface area (Å²) in [5.41, 5.74) is 0. The molecule has 1 aliphatic rings. The zero-order valence-corrected chi connectivity index (χ0v) is 11.6. The molecule has 0 spiro atoms. The summed E-state index contributed by atoms with van der Waals surface area (Å²) >= 11 is 5.17. The van der Waals surface area contributed by atoms with E-state index in [1.165, 1.54) is 17.7 Å². The third-order valence-electron chi connectivity index (χ3n) is 2.90. The molecular weight excluding hydrogens is 286 g/mol. The van der Waals surface area contributed by atoms with Crippen LogP contribution in [0.15, 0.2) is 15.9 Å². The van der Waals surface area contributed by atoms with E-state index in [0.717, 1.165) is 36.1 Å². The van der Waals surface area contributed by atoms with Gasteiger partial charge in [0.2, 0.25) is 5.91 Å². The third-order valence-corrected chi connectivity index (χ3v) is 4.51. The van der Waals surface area contributed by atoms with Crippen molar-refractivity contribution in [2.45, 2.75) is 38.6 Å². The highest BCUT2D eigenvalue weighted by Gasteiger charge is 2.16. The minimum absolute atomic E-state index is 0.323. The number of rotatable bonds is 2. The van der Waals surface area contributed by atoms with Crippen LogP contribution in [-0.2, 0) is 11.3 Å². The number of halogens is 1.